The van der Waals surface area contributed by atoms with Crippen molar-refractivity contribution in [2.45, 2.75) is 130 Å². The molecule has 4 aliphatic rings. The quantitative estimate of drug-likeness (QED) is 0.0160. The van der Waals surface area contributed by atoms with E-state index < -0.39 is 82.5 Å². The number of unbranched alkanes of at least 4 members (excludes halogenated alkanes) is 4. The molecular weight excluding hydrogens is 1410 g/mol. The molecular formula is C73H89ClF3N11O12S3. The molecule has 2 fully saturated rings. The number of ether oxygens (including phenoxy) is 3. The zero-order valence-corrected chi connectivity index (χ0v) is 61.3. The Morgan fingerprint density at radius 1 is 0.796 bits per heavy atom. The number of amides is 5. The van der Waals surface area contributed by atoms with Crippen LogP contribution in [-0.4, -0.2) is 192 Å². The predicted molar refractivity (Wildman–Crippen MR) is 388 cm³/mol. The maximum absolute atomic E-state index is 14.5. The normalized spacial score (nSPS) is 17.1. The van der Waals surface area contributed by atoms with Gasteiger partial charge >= 0.3 is 5.51 Å². The Balaban J connectivity index is 0.622. The third kappa shape index (κ3) is 21.3. The number of sulfonamides is 1. The maximum Gasteiger partial charge on any atom is 0.501 e. The number of nitrogens with one attached hydrogen (secondary N) is 4. The summed E-state index contributed by atoms with van der Waals surface area (Å²) >= 11 is 7.66. The Bertz CT molecular complexity index is 4200. The van der Waals surface area contributed by atoms with Crippen LogP contribution in [0.25, 0.3) is 5.57 Å². The average Bonchev–Trinajstić information content (AvgIpc) is 0.944. The number of halogens is 4. The number of carbonyl (C=O) groups is 5. The van der Waals surface area contributed by atoms with Crippen LogP contribution < -0.4 is 25.6 Å². The van der Waals surface area contributed by atoms with Crippen molar-refractivity contribution >= 4 is 95.4 Å². The van der Waals surface area contributed by atoms with Gasteiger partial charge in [0.2, 0.25) is 11.8 Å². The molecule has 0 radical (unpaired) electrons. The maximum atomic E-state index is 14.5. The van der Waals surface area contributed by atoms with Crippen LogP contribution in [0.15, 0.2) is 142 Å². The molecule has 2 saturated heterocycles. The molecule has 23 nitrogen and oxygen atoms in total. The third-order valence-electron chi connectivity index (χ3n) is 18.7. The SMILES string of the molecule is CN(CCCCCCCn1cc(COCCOCCOCCNc2cccc3c2C(=O)N(C2CCC(=O)NC2=O)C3=O)nn1)CCC(CSc1ccccc1)Nc1ccc(S(=O)(=O)NC(=O)c2ccc(N3CCN(CC4=C(c5ccc(Cl)cc5)CCC(C)(C)C4)CC3)cc2)cc1S(=O)(=O)C(F)(F)F. The zero-order chi connectivity index (χ0) is 73.3. The van der Waals surface area contributed by atoms with Crippen LogP contribution in [0.5, 0.6) is 0 Å². The van der Waals surface area contributed by atoms with E-state index in [-0.39, 0.29) is 48.2 Å². The number of nitrogens with zero attached hydrogens (tertiary/aromatic N) is 7. The van der Waals surface area contributed by atoms with Gasteiger partial charge in [0.1, 0.15) is 16.6 Å². The number of sulfone groups is 1. The first-order chi connectivity index (χ1) is 49.3. The van der Waals surface area contributed by atoms with Crippen LogP contribution in [0.4, 0.5) is 30.2 Å². The van der Waals surface area contributed by atoms with Gasteiger partial charge in [0.25, 0.3) is 37.6 Å². The molecule has 2 atom stereocenters. The largest absolute Gasteiger partial charge is 0.501 e. The van der Waals surface area contributed by atoms with E-state index in [2.05, 4.69) is 66.9 Å². The zero-order valence-electron chi connectivity index (χ0n) is 58.1. The lowest BCUT2D eigenvalue weighted by molar-refractivity contribution is -0.136. The molecule has 4 N–H and O–H groups in total. The summed E-state index contributed by atoms with van der Waals surface area (Å²) in [7, 11) is -9.09. The first kappa shape index (κ1) is 77.9. The molecule has 0 bridgehead atoms. The Labute approximate surface area is 608 Å². The number of piperazine rings is 1. The number of alkyl halides is 3. The van der Waals surface area contributed by atoms with E-state index in [0.717, 1.165) is 105 Å². The van der Waals surface area contributed by atoms with Crippen LogP contribution in [0.3, 0.4) is 0 Å². The van der Waals surface area contributed by atoms with Crippen molar-refractivity contribution in [3.05, 3.63) is 160 Å². The summed E-state index contributed by atoms with van der Waals surface area (Å²) in [5, 5.41) is 17.5. The van der Waals surface area contributed by atoms with Crippen molar-refractivity contribution < 1.29 is 68.2 Å². The fraction of sp³-hybridized carbons (Fsp3) is 0.466. The number of anilines is 3. The highest BCUT2D eigenvalue weighted by atomic mass is 35.5. The fourth-order valence-corrected chi connectivity index (χ4v) is 16.2. The topological polar surface area (TPSA) is 273 Å². The van der Waals surface area contributed by atoms with Gasteiger partial charge in [-0.2, -0.15) is 13.2 Å². The summed E-state index contributed by atoms with van der Waals surface area (Å²) in [4.78, 5) is 70.5. The van der Waals surface area contributed by atoms with Crippen molar-refractivity contribution in [2.24, 2.45) is 5.41 Å². The molecule has 0 saturated carbocycles. The van der Waals surface area contributed by atoms with Crippen molar-refractivity contribution in [3.63, 3.8) is 0 Å². The van der Waals surface area contributed by atoms with Gasteiger partial charge < -0.3 is 34.6 Å². The number of aromatic nitrogens is 3. The molecule has 0 spiro atoms. The summed E-state index contributed by atoms with van der Waals surface area (Å²) in [5.74, 6) is -3.00. The third-order valence-corrected chi connectivity index (χ3v) is 23.0. The highest BCUT2D eigenvalue weighted by Gasteiger charge is 2.49. The molecule has 4 heterocycles. The molecule has 1 aliphatic carbocycles. The van der Waals surface area contributed by atoms with Gasteiger partial charge in [-0.05, 0) is 160 Å². The summed E-state index contributed by atoms with van der Waals surface area (Å²) in [6.45, 7) is 12.6. The highest BCUT2D eigenvalue weighted by Crippen LogP contribution is 2.43. The van der Waals surface area contributed by atoms with Crippen molar-refractivity contribution in [1.82, 2.24) is 39.7 Å². The molecule has 554 valence electrons. The van der Waals surface area contributed by atoms with Crippen molar-refractivity contribution in [2.75, 3.05) is 114 Å². The second-order valence-electron chi connectivity index (χ2n) is 27.0. The number of thioether (sulfide) groups is 1. The number of piperidine rings is 1. The van der Waals surface area contributed by atoms with E-state index >= 15 is 0 Å². The summed E-state index contributed by atoms with van der Waals surface area (Å²) in [6, 6.07) is 29.4. The van der Waals surface area contributed by atoms with Crippen LogP contribution in [0.1, 0.15) is 127 Å². The number of fused-ring (bicyclic) bond motifs is 1. The molecule has 1 aromatic heterocycles. The number of benzene rings is 5. The van der Waals surface area contributed by atoms with E-state index in [1.165, 1.54) is 46.7 Å². The van der Waals surface area contributed by atoms with Crippen LogP contribution >= 0.6 is 23.4 Å². The lowest BCUT2D eigenvalue weighted by Gasteiger charge is -2.39. The first-order valence-corrected chi connectivity index (χ1v) is 39.1. The first-order valence-electron chi connectivity index (χ1n) is 34.7. The van der Waals surface area contributed by atoms with Gasteiger partial charge in [0, 0.05) is 90.9 Å². The second kappa shape index (κ2) is 35.8. The monoisotopic (exact) mass is 1500 g/mol. The fourth-order valence-electron chi connectivity index (χ4n) is 13.1. The molecule has 5 aromatic carbocycles. The minimum Gasteiger partial charge on any atom is -0.382 e. The molecule has 3 aliphatic heterocycles. The predicted octanol–water partition coefficient (Wildman–Crippen LogP) is 10.7. The van der Waals surface area contributed by atoms with Gasteiger partial charge in [0.15, 0.2) is 0 Å². The van der Waals surface area contributed by atoms with E-state index in [1.54, 1.807) is 28.9 Å². The Hall–Kier alpha value is -7.74. The minimum atomic E-state index is -6.13. The molecule has 6 aromatic rings. The number of rotatable bonds is 37. The van der Waals surface area contributed by atoms with E-state index in [9.17, 15) is 54.0 Å². The molecule has 10 rings (SSSR count). The minimum absolute atomic E-state index is 0.0228. The number of hydrogen-bond donors (Lipinski definition) is 4. The summed E-state index contributed by atoms with van der Waals surface area (Å²) < 4.78 is 119. The smallest absolute Gasteiger partial charge is 0.382 e. The lowest BCUT2D eigenvalue weighted by atomic mass is 9.73. The van der Waals surface area contributed by atoms with Gasteiger partial charge in [-0.1, -0.05) is 91.9 Å². The van der Waals surface area contributed by atoms with E-state index in [4.69, 9.17) is 25.8 Å². The van der Waals surface area contributed by atoms with Gasteiger partial charge in [-0.3, -0.25) is 43.8 Å². The van der Waals surface area contributed by atoms with Gasteiger partial charge in [0.05, 0.1) is 67.5 Å². The second-order valence-corrected chi connectivity index (χ2v) is 32.1. The number of aryl methyl sites for hydroxylation is 1. The summed E-state index contributed by atoms with van der Waals surface area (Å²) in [6.07, 6.45) is 10.1. The number of hydrogen-bond acceptors (Lipinski definition) is 20. The van der Waals surface area contributed by atoms with E-state index in [1.807, 2.05) is 60.4 Å². The van der Waals surface area contributed by atoms with Crippen molar-refractivity contribution in [3.8, 4) is 0 Å². The molecule has 5 amide bonds. The number of allylic oxidation sites excluding steroid dienone is 1. The summed E-state index contributed by atoms with van der Waals surface area (Å²) in [5.41, 5.74) is 0.295. The number of imide groups is 2. The van der Waals surface area contributed by atoms with Crippen LogP contribution in [0, 0.1) is 5.41 Å². The van der Waals surface area contributed by atoms with Crippen LogP contribution in [-0.2, 0) is 56.8 Å². The Kier molecular flexibility index (Phi) is 27.1. The molecule has 103 heavy (non-hydrogen) atoms. The lowest BCUT2D eigenvalue weighted by Crippen LogP contribution is -2.54. The molecule has 2 unspecified atom stereocenters. The Morgan fingerprint density at radius 3 is 2.23 bits per heavy atom. The Morgan fingerprint density at radius 2 is 1.50 bits per heavy atom. The number of carbonyl (C=O) groups excluding carboxylic acids is 5. The molecule has 30 heteroatoms. The highest BCUT2D eigenvalue weighted by molar-refractivity contribution is 7.99. The van der Waals surface area contributed by atoms with Gasteiger partial charge in [-0.15, -0.1) is 16.9 Å². The van der Waals surface area contributed by atoms with Gasteiger partial charge in [-0.25, -0.2) is 21.6 Å². The van der Waals surface area contributed by atoms with E-state index in [0.29, 0.717) is 93.8 Å². The van der Waals surface area contributed by atoms with Crippen molar-refractivity contribution in [1.29, 1.82) is 0 Å². The standard InChI is InChI=1S/C73H89ClF3N11O12S3/c1-72(2)31-29-60(51-17-21-54(74)22-18-51)53(46-72)47-85-36-38-86(39-37-85)57-23-19-52(20-24-57)68(90)82-103(96,97)59-25-26-62(65(45-59)102(94,95)73(75,76)77)79-55(50-101-58-13-8-7-9-14-58)30-35-84(3)33-10-5-4-6-11-34-87-48-56(81-83-87)49-100-44-43-99-42-41-98-40-32-78-63-16-12-15-61-67(63)71(93)88(70(61)92)64-27-28-66(89)80-69(64)91/h7-9,12-26,45,48,55,64,78-79H,4-6,10-11,27-44,46-47,49-50H2,1-3H3,(H,82,90)(H,80,89,91). The van der Waals surface area contributed by atoms with Crippen LogP contribution in [0.2, 0.25) is 5.02 Å². The average molecular weight is 1500 g/mol.